The molecule has 0 unspecified atom stereocenters. The smallest absolute Gasteiger partial charge is 0.226 e. The van der Waals surface area contributed by atoms with Crippen molar-refractivity contribution in [1.29, 1.82) is 0 Å². The first kappa shape index (κ1) is 19.0. The highest BCUT2D eigenvalue weighted by Gasteiger charge is 2.12. The molecule has 0 spiro atoms. The van der Waals surface area contributed by atoms with Crippen molar-refractivity contribution >= 4 is 22.4 Å². The minimum atomic E-state index is -0.0513. The first-order valence-electron chi connectivity index (χ1n) is 8.94. The maximum atomic E-state index is 12.2. The highest BCUT2D eigenvalue weighted by molar-refractivity contribution is 7.15. The van der Waals surface area contributed by atoms with Crippen molar-refractivity contribution in [2.45, 2.75) is 32.1 Å². The molecule has 0 aliphatic heterocycles. The first-order chi connectivity index (χ1) is 13.1. The Bertz CT molecular complexity index is 863. The number of nitrogens with one attached hydrogen (secondary N) is 1. The summed E-state index contributed by atoms with van der Waals surface area (Å²) < 4.78 is 5.14. The number of anilines is 1. The molecule has 0 fully saturated rings. The molecular weight excluding hydrogens is 358 g/mol. The molecule has 1 aromatic heterocycles. The van der Waals surface area contributed by atoms with E-state index in [1.165, 1.54) is 16.9 Å². The van der Waals surface area contributed by atoms with E-state index in [1.54, 1.807) is 7.11 Å². The SMILES string of the molecule is COc1ccc(CCC(=O)Nc2nnc(C[C@@H](C)c3ccccc3)s2)cc1. The van der Waals surface area contributed by atoms with Gasteiger partial charge in [-0.1, -0.05) is 60.7 Å². The van der Waals surface area contributed by atoms with E-state index in [0.717, 1.165) is 22.7 Å². The van der Waals surface area contributed by atoms with Gasteiger partial charge in [0.15, 0.2) is 0 Å². The average Bonchev–Trinajstić information content (AvgIpc) is 3.14. The molecule has 5 nitrogen and oxygen atoms in total. The quantitative estimate of drug-likeness (QED) is 0.625. The van der Waals surface area contributed by atoms with Gasteiger partial charge in [0.2, 0.25) is 11.0 Å². The lowest BCUT2D eigenvalue weighted by molar-refractivity contribution is -0.116. The lowest BCUT2D eigenvalue weighted by atomic mass is 9.98. The summed E-state index contributed by atoms with van der Waals surface area (Å²) in [4.78, 5) is 12.2. The molecule has 3 aromatic rings. The second kappa shape index (κ2) is 9.28. The molecule has 0 aliphatic carbocycles. The molecule has 27 heavy (non-hydrogen) atoms. The maximum absolute atomic E-state index is 12.2. The Morgan fingerprint density at radius 1 is 1.11 bits per heavy atom. The van der Waals surface area contributed by atoms with E-state index < -0.39 is 0 Å². The van der Waals surface area contributed by atoms with E-state index in [9.17, 15) is 4.79 Å². The summed E-state index contributed by atoms with van der Waals surface area (Å²) in [5.74, 6) is 1.12. The number of aryl methyl sites for hydroxylation is 1. The Kier molecular flexibility index (Phi) is 6.54. The average molecular weight is 382 g/mol. The molecule has 3 rings (SSSR count). The summed E-state index contributed by atoms with van der Waals surface area (Å²) in [5.41, 5.74) is 2.37. The lowest BCUT2D eigenvalue weighted by Crippen LogP contribution is -2.12. The van der Waals surface area contributed by atoms with Crippen molar-refractivity contribution in [1.82, 2.24) is 10.2 Å². The monoisotopic (exact) mass is 381 g/mol. The standard InChI is InChI=1S/C21H23N3O2S/c1-15(17-6-4-3-5-7-17)14-20-23-24-21(27-20)22-19(25)13-10-16-8-11-18(26-2)12-9-16/h3-9,11-12,15H,10,13-14H2,1-2H3,(H,22,24,25)/t15-/m1/s1. The van der Waals surface area contributed by atoms with Gasteiger partial charge in [-0.15, -0.1) is 10.2 Å². The Balaban J connectivity index is 1.48. The summed E-state index contributed by atoms with van der Waals surface area (Å²) in [6.07, 6.45) is 1.89. The first-order valence-corrected chi connectivity index (χ1v) is 9.76. The van der Waals surface area contributed by atoms with Gasteiger partial charge in [0, 0.05) is 12.8 Å². The molecular formula is C21H23N3O2S. The van der Waals surface area contributed by atoms with Crippen molar-refractivity contribution < 1.29 is 9.53 Å². The number of ether oxygens (including phenoxy) is 1. The number of aromatic nitrogens is 2. The number of rotatable bonds is 8. The third-order valence-electron chi connectivity index (χ3n) is 4.36. The van der Waals surface area contributed by atoms with Crippen LogP contribution < -0.4 is 10.1 Å². The molecule has 2 aromatic carbocycles. The largest absolute Gasteiger partial charge is 0.497 e. The van der Waals surface area contributed by atoms with Crippen LogP contribution in [0.2, 0.25) is 0 Å². The number of hydrogen-bond acceptors (Lipinski definition) is 5. The minimum absolute atomic E-state index is 0.0513. The zero-order valence-electron chi connectivity index (χ0n) is 15.5. The lowest BCUT2D eigenvalue weighted by Gasteiger charge is -2.08. The molecule has 6 heteroatoms. The van der Waals surface area contributed by atoms with E-state index in [2.05, 4.69) is 34.6 Å². The summed E-state index contributed by atoms with van der Waals surface area (Å²) in [5, 5.41) is 12.6. The molecule has 0 radical (unpaired) electrons. The third kappa shape index (κ3) is 5.62. The highest BCUT2D eigenvalue weighted by atomic mass is 32.1. The number of carbonyl (C=O) groups excluding carboxylic acids is 1. The van der Waals surface area contributed by atoms with Gasteiger partial charge in [-0.3, -0.25) is 4.79 Å². The Morgan fingerprint density at radius 3 is 2.56 bits per heavy atom. The highest BCUT2D eigenvalue weighted by Crippen LogP contribution is 2.24. The van der Waals surface area contributed by atoms with Crippen LogP contribution in [0.3, 0.4) is 0 Å². The topological polar surface area (TPSA) is 64.1 Å². The Morgan fingerprint density at radius 2 is 1.85 bits per heavy atom. The molecule has 1 atom stereocenters. The molecule has 0 aliphatic rings. The zero-order valence-corrected chi connectivity index (χ0v) is 16.3. The van der Waals surface area contributed by atoms with Crippen molar-refractivity contribution in [3.05, 3.63) is 70.7 Å². The predicted octanol–water partition coefficient (Wildman–Crippen LogP) is 4.46. The van der Waals surface area contributed by atoms with Crippen LogP contribution in [0.1, 0.15) is 35.4 Å². The Labute approximate surface area is 163 Å². The predicted molar refractivity (Wildman–Crippen MR) is 108 cm³/mol. The summed E-state index contributed by atoms with van der Waals surface area (Å²) in [6, 6.07) is 18.1. The van der Waals surface area contributed by atoms with Crippen molar-refractivity contribution in [2.75, 3.05) is 12.4 Å². The van der Waals surface area contributed by atoms with E-state index in [0.29, 0.717) is 23.9 Å². The number of carbonyl (C=O) groups is 1. The molecule has 140 valence electrons. The number of hydrogen-bond donors (Lipinski definition) is 1. The number of amides is 1. The van der Waals surface area contributed by atoms with Gasteiger partial charge in [-0.2, -0.15) is 0 Å². The van der Waals surface area contributed by atoms with Gasteiger partial charge < -0.3 is 10.1 Å². The Hall–Kier alpha value is -2.73. The molecule has 1 heterocycles. The van der Waals surface area contributed by atoms with Crippen LogP contribution >= 0.6 is 11.3 Å². The van der Waals surface area contributed by atoms with Crippen molar-refractivity contribution in [3.8, 4) is 5.75 Å². The van der Waals surface area contributed by atoms with E-state index >= 15 is 0 Å². The van der Waals surface area contributed by atoms with Crippen LogP contribution in [0.5, 0.6) is 5.75 Å². The minimum Gasteiger partial charge on any atom is -0.497 e. The number of methoxy groups -OCH3 is 1. The van der Waals surface area contributed by atoms with E-state index in [-0.39, 0.29) is 5.91 Å². The van der Waals surface area contributed by atoms with E-state index in [4.69, 9.17) is 4.74 Å². The summed E-state index contributed by atoms with van der Waals surface area (Å²) >= 11 is 1.44. The zero-order chi connectivity index (χ0) is 19.1. The van der Waals surface area contributed by atoms with Gasteiger partial charge >= 0.3 is 0 Å². The number of nitrogens with zero attached hydrogens (tertiary/aromatic N) is 2. The van der Waals surface area contributed by atoms with Gasteiger partial charge in [0.25, 0.3) is 0 Å². The van der Waals surface area contributed by atoms with E-state index in [1.807, 2.05) is 42.5 Å². The van der Waals surface area contributed by atoms with Crippen LogP contribution in [0.25, 0.3) is 0 Å². The fraction of sp³-hybridized carbons (Fsp3) is 0.286. The second-order valence-corrected chi connectivity index (χ2v) is 7.48. The van der Waals surface area contributed by atoms with Crippen LogP contribution in [-0.4, -0.2) is 23.2 Å². The summed E-state index contributed by atoms with van der Waals surface area (Å²) in [6.45, 7) is 2.17. The van der Waals surface area contributed by atoms with Crippen LogP contribution in [0, 0.1) is 0 Å². The fourth-order valence-electron chi connectivity index (χ4n) is 2.78. The van der Waals surface area contributed by atoms with Gasteiger partial charge in [0.05, 0.1) is 7.11 Å². The van der Waals surface area contributed by atoms with Gasteiger partial charge in [0.1, 0.15) is 10.8 Å². The van der Waals surface area contributed by atoms with Gasteiger partial charge in [-0.05, 0) is 35.6 Å². The van der Waals surface area contributed by atoms with Crippen LogP contribution in [0.4, 0.5) is 5.13 Å². The molecule has 1 amide bonds. The molecule has 0 saturated heterocycles. The normalized spacial score (nSPS) is 11.8. The molecule has 1 N–H and O–H groups in total. The van der Waals surface area contributed by atoms with Gasteiger partial charge in [-0.25, -0.2) is 0 Å². The summed E-state index contributed by atoms with van der Waals surface area (Å²) in [7, 11) is 1.64. The third-order valence-corrected chi connectivity index (χ3v) is 5.22. The van der Waals surface area contributed by atoms with Crippen LogP contribution in [-0.2, 0) is 17.6 Å². The van der Waals surface area contributed by atoms with Crippen molar-refractivity contribution in [2.24, 2.45) is 0 Å². The maximum Gasteiger partial charge on any atom is 0.226 e. The molecule has 0 bridgehead atoms. The molecule has 0 saturated carbocycles. The van der Waals surface area contributed by atoms with Crippen LogP contribution in [0.15, 0.2) is 54.6 Å². The fourth-order valence-corrected chi connectivity index (χ4v) is 3.66. The number of benzene rings is 2. The second-order valence-electron chi connectivity index (χ2n) is 6.41. The van der Waals surface area contributed by atoms with Crippen molar-refractivity contribution in [3.63, 3.8) is 0 Å².